The molecule has 0 bridgehead atoms. The van der Waals surface area contributed by atoms with Crippen molar-refractivity contribution in [2.24, 2.45) is 0 Å². The minimum absolute atomic E-state index is 0.00628. The summed E-state index contributed by atoms with van der Waals surface area (Å²) in [5, 5.41) is 0. The molecular formula is C18H28N2O2. The zero-order chi connectivity index (χ0) is 16.5. The molecule has 4 heteroatoms. The molecule has 122 valence electrons. The Morgan fingerprint density at radius 1 is 0.773 bits per heavy atom. The van der Waals surface area contributed by atoms with Gasteiger partial charge in [-0.15, -0.1) is 0 Å². The number of unbranched alkanes of at least 4 members (excludes halogenated alkanes) is 2. The predicted octanol–water partition coefficient (Wildman–Crippen LogP) is 3.43. The molecular weight excluding hydrogens is 276 g/mol. The summed E-state index contributed by atoms with van der Waals surface area (Å²) >= 11 is 0. The molecule has 1 aromatic carbocycles. The van der Waals surface area contributed by atoms with E-state index in [0.717, 1.165) is 38.8 Å². The Hall–Kier alpha value is -1.84. The van der Waals surface area contributed by atoms with E-state index >= 15 is 0 Å². The van der Waals surface area contributed by atoms with Crippen LogP contribution in [0.2, 0.25) is 0 Å². The third-order valence-corrected chi connectivity index (χ3v) is 3.77. The molecule has 0 aliphatic heterocycles. The second-order valence-corrected chi connectivity index (χ2v) is 5.74. The second-order valence-electron chi connectivity index (χ2n) is 5.74. The fourth-order valence-electron chi connectivity index (χ4n) is 2.19. The van der Waals surface area contributed by atoms with Gasteiger partial charge >= 0.3 is 0 Å². The zero-order valence-corrected chi connectivity index (χ0v) is 14.3. The van der Waals surface area contributed by atoms with Gasteiger partial charge in [0.15, 0.2) is 0 Å². The quantitative estimate of drug-likeness (QED) is 0.738. The van der Waals surface area contributed by atoms with Gasteiger partial charge in [-0.3, -0.25) is 9.59 Å². The lowest BCUT2D eigenvalue weighted by Gasteiger charge is -2.18. The van der Waals surface area contributed by atoms with E-state index in [9.17, 15) is 9.59 Å². The minimum Gasteiger partial charge on any atom is -0.342 e. The Kier molecular flexibility index (Phi) is 7.64. The fraction of sp³-hybridized carbons (Fsp3) is 0.556. The molecule has 0 N–H and O–H groups in total. The molecule has 0 aliphatic rings. The maximum absolute atomic E-state index is 12.2. The molecule has 0 spiro atoms. The van der Waals surface area contributed by atoms with Crippen molar-refractivity contribution >= 4 is 11.8 Å². The molecule has 0 radical (unpaired) electrons. The summed E-state index contributed by atoms with van der Waals surface area (Å²) in [6.45, 7) is 5.73. The Morgan fingerprint density at radius 2 is 1.09 bits per heavy atom. The highest BCUT2D eigenvalue weighted by molar-refractivity contribution is 5.97. The van der Waals surface area contributed by atoms with Crippen molar-refractivity contribution in [2.45, 2.75) is 39.5 Å². The van der Waals surface area contributed by atoms with E-state index < -0.39 is 0 Å². The largest absolute Gasteiger partial charge is 0.342 e. The van der Waals surface area contributed by atoms with Crippen molar-refractivity contribution in [1.29, 1.82) is 0 Å². The zero-order valence-electron chi connectivity index (χ0n) is 14.3. The molecule has 0 unspecified atom stereocenters. The van der Waals surface area contributed by atoms with Crippen molar-refractivity contribution in [3.63, 3.8) is 0 Å². The molecule has 0 saturated heterocycles. The van der Waals surface area contributed by atoms with Crippen LogP contribution in [-0.2, 0) is 0 Å². The Balaban J connectivity index is 2.69. The van der Waals surface area contributed by atoms with Crippen LogP contribution in [0.15, 0.2) is 24.3 Å². The van der Waals surface area contributed by atoms with Gasteiger partial charge in [0.1, 0.15) is 0 Å². The number of amides is 2. The van der Waals surface area contributed by atoms with Crippen LogP contribution in [0.5, 0.6) is 0 Å². The van der Waals surface area contributed by atoms with Gasteiger partial charge < -0.3 is 9.80 Å². The standard InChI is InChI=1S/C18H28N2O2/c1-5-7-13-19(3)17(21)15-9-11-16(12-10-15)18(22)20(4)14-8-6-2/h9-12H,5-8,13-14H2,1-4H3. The number of hydrogen-bond acceptors (Lipinski definition) is 2. The first kappa shape index (κ1) is 18.2. The van der Waals surface area contributed by atoms with Crippen LogP contribution in [0.1, 0.15) is 60.2 Å². The summed E-state index contributed by atoms with van der Waals surface area (Å²) in [5.74, 6) is 0.0126. The maximum Gasteiger partial charge on any atom is 0.253 e. The van der Waals surface area contributed by atoms with Crippen LogP contribution in [-0.4, -0.2) is 48.8 Å². The van der Waals surface area contributed by atoms with Gasteiger partial charge in [0.25, 0.3) is 11.8 Å². The molecule has 2 amide bonds. The van der Waals surface area contributed by atoms with E-state index in [-0.39, 0.29) is 11.8 Å². The van der Waals surface area contributed by atoms with Crippen LogP contribution in [0, 0.1) is 0 Å². The van der Waals surface area contributed by atoms with Crippen LogP contribution < -0.4 is 0 Å². The first-order valence-corrected chi connectivity index (χ1v) is 8.12. The van der Waals surface area contributed by atoms with E-state index in [0.29, 0.717) is 11.1 Å². The highest BCUT2D eigenvalue weighted by Crippen LogP contribution is 2.10. The normalized spacial score (nSPS) is 10.4. The van der Waals surface area contributed by atoms with Gasteiger partial charge in [-0.05, 0) is 37.1 Å². The number of rotatable bonds is 8. The van der Waals surface area contributed by atoms with E-state index in [1.807, 2.05) is 14.1 Å². The highest BCUT2D eigenvalue weighted by atomic mass is 16.2. The van der Waals surface area contributed by atoms with E-state index in [4.69, 9.17) is 0 Å². The lowest BCUT2D eigenvalue weighted by molar-refractivity contribution is 0.0781. The minimum atomic E-state index is 0.00628. The molecule has 1 aromatic rings. The predicted molar refractivity (Wildman–Crippen MR) is 90.2 cm³/mol. The molecule has 0 fully saturated rings. The van der Waals surface area contributed by atoms with Gasteiger partial charge in [-0.25, -0.2) is 0 Å². The van der Waals surface area contributed by atoms with Crippen molar-refractivity contribution < 1.29 is 9.59 Å². The van der Waals surface area contributed by atoms with Crippen LogP contribution in [0.4, 0.5) is 0 Å². The maximum atomic E-state index is 12.2. The van der Waals surface area contributed by atoms with Gasteiger partial charge in [0, 0.05) is 38.3 Å². The molecule has 4 nitrogen and oxygen atoms in total. The number of nitrogens with zero attached hydrogens (tertiary/aromatic N) is 2. The van der Waals surface area contributed by atoms with E-state index in [2.05, 4.69) is 13.8 Å². The van der Waals surface area contributed by atoms with Gasteiger partial charge in [-0.1, -0.05) is 26.7 Å². The van der Waals surface area contributed by atoms with Gasteiger partial charge in [0.05, 0.1) is 0 Å². The Bertz CT molecular complexity index is 437. The van der Waals surface area contributed by atoms with E-state index in [1.165, 1.54) is 0 Å². The van der Waals surface area contributed by atoms with Crippen LogP contribution in [0.25, 0.3) is 0 Å². The average molecular weight is 304 g/mol. The van der Waals surface area contributed by atoms with Crippen molar-refractivity contribution in [3.05, 3.63) is 35.4 Å². The number of carbonyl (C=O) groups excluding carboxylic acids is 2. The highest BCUT2D eigenvalue weighted by Gasteiger charge is 2.14. The monoisotopic (exact) mass is 304 g/mol. The number of benzene rings is 1. The molecule has 0 heterocycles. The average Bonchev–Trinajstić information content (AvgIpc) is 2.56. The Morgan fingerprint density at radius 3 is 1.36 bits per heavy atom. The molecule has 0 aromatic heterocycles. The lowest BCUT2D eigenvalue weighted by atomic mass is 10.1. The third-order valence-electron chi connectivity index (χ3n) is 3.77. The van der Waals surface area contributed by atoms with Crippen molar-refractivity contribution in [1.82, 2.24) is 9.80 Å². The molecule has 0 atom stereocenters. The topological polar surface area (TPSA) is 40.6 Å². The molecule has 0 aliphatic carbocycles. The fourth-order valence-corrected chi connectivity index (χ4v) is 2.19. The van der Waals surface area contributed by atoms with Crippen LogP contribution >= 0.6 is 0 Å². The van der Waals surface area contributed by atoms with E-state index in [1.54, 1.807) is 34.1 Å². The first-order chi connectivity index (χ1) is 10.5. The number of carbonyl (C=O) groups is 2. The van der Waals surface area contributed by atoms with Gasteiger partial charge in [-0.2, -0.15) is 0 Å². The van der Waals surface area contributed by atoms with Crippen molar-refractivity contribution in [3.8, 4) is 0 Å². The summed E-state index contributed by atoms with van der Waals surface area (Å²) in [7, 11) is 3.63. The SMILES string of the molecule is CCCCN(C)C(=O)c1ccc(C(=O)N(C)CCCC)cc1. The van der Waals surface area contributed by atoms with Crippen molar-refractivity contribution in [2.75, 3.05) is 27.2 Å². The lowest BCUT2D eigenvalue weighted by Crippen LogP contribution is -2.29. The van der Waals surface area contributed by atoms with Crippen LogP contribution in [0.3, 0.4) is 0 Å². The first-order valence-electron chi connectivity index (χ1n) is 8.12. The third kappa shape index (κ3) is 5.17. The summed E-state index contributed by atoms with van der Waals surface area (Å²) < 4.78 is 0. The molecule has 22 heavy (non-hydrogen) atoms. The summed E-state index contributed by atoms with van der Waals surface area (Å²) in [6, 6.07) is 6.97. The van der Waals surface area contributed by atoms with Gasteiger partial charge in [0.2, 0.25) is 0 Å². The number of hydrogen-bond donors (Lipinski definition) is 0. The molecule has 1 rings (SSSR count). The second kappa shape index (κ2) is 9.23. The smallest absolute Gasteiger partial charge is 0.253 e. The summed E-state index contributed by atoms with van der Waals surface area (Å²) in [4.78, 5) is 27.9. The molecule has 0 saturated carbocycles. The summed E-state index contributed by atoms with van der Waals surface area (Å²) in [5.41, 5.74) is 1.26. The Labute approximate surface area is 134 Å². The summed E-state index contributed by atoms with van der Waals surface area (Å²) in [6.07, 6.45) is 4.13.